The Bertz CT molecular complexity index is 1500. The highest BCUT2D eigenvalue weighted by Crippen LogP contribution is 2.42. The lowest BCUT2D eigenvalue weighted by Gasteiger charge is -2.31. The first kappa shape index (κ1) is 25.8. The molecule has 14 heteroatoms. The lowest BCUT2D eigenvalue weighted by Crippen LogP contribution is -2.45. The zero-order valence-corrected chi connectivity index (χ0v) is 21.6. The number of nitrogens with one attached hydrogen (secondary N) is 2. The number of anilines is 2. The number of fused-ring (bicyclic) bond motifs is 1. The van der Waals surface area contributed by atoms with Crippen LogP contribution in [0, 0.1) is 10.1 Å². The van der Waals surface area contributed by atoms with Crippen LogP contribution in [0.3, 0.4) is 0 Å². The maximum absolute atomic E-state index is 13.0. The summed E-state index contributed by atoms with van der Waals surface area (Å²) < 4.78 is 39.6. The van der Waals surface area contributed by atoms with Crippen molar-refractivity contribution in [3.8, 4) is 17.2 Å². The number of ether oxygens (including phenoxy) is 2. The minimum atomic E-state index is -4.16. The molecule has 1 heterocycles. The molecule has 3 aromatic carbocycles. The fraction of sp³-hybridized carbons (Fsp3) is 0.136. The van der Waals surface area contributed by atoms with Crippen molar-refractivity contribution in [3.05, 3.63) is 73.7 Å². The molecule has 10 nitrogen and oxygen atoms in total. The van der Waals surface area contributed by atoms with E-state index in [1.807, 2.05) is 0 Å². The number of sulfonamides is 1. The molecule has 0 saturated heterocycles. The van der Waals surface area contributed by atoms with E-state index in [0.29, 0.717) is 11.4 Å². The van der Waals surface area contributed by atoms with Gasteiger partial charge < -0.3 is 14.8 Å². The second-order valence-corrected chi connectivity index (χ2v) is 11.0. The van der Waals surface area contributed by atoms with E-state index < -0.39 is 20.5 Å². The molecular weight excluding hydrogens is 557 g/mol. The van der Waals surface area contributed by atoms with Gasteiger partial charge in [0.05, 0.1) is 36.3 Å². The Morgan fingerprint density at radius 2 is 1.69 bits per heavy atom. The van der Waals surface area contributed by atoms with Gasteiger partial charge in [-0.05, 0) is 50.2 Å². The second-order valence-electron chi connectivity index (χ2n) is 8.07. The Kier molecular flexibility index (Phi) is 6.69. The molecule has 0 fully saturated rings. The van der Waals surface area contributed by atoms with E-state index in [4.69, 9.17) is 44.3 Å². The van der Waals surface area contributed by atoms with Crippen molar-refractivity contribution >= 4 is 67.8 Å². The number of nitro benzene ring substituents is 1. The van der Waals surface area contributed by atoms with E-state index in [1.54, 1.807) is 13.8 Å². The molecule has 4 rings (SSSR count). The monoisotopic (exact) mass is 571 g/mol. The van der Waals surface area contributed by atoms with Gasteiger partial charge in [-0.25, -0.2) is 8.42 Å². The molecule has 1 aliphatic heterocycles. The van der Waals surface area contributed by atoms with Crippen molar-refractivity contribution in [2.45, 2.75) is 24.3 Å². The summed E-state index contributed by atoms with van der Waals surface area (Å²) in [5.74, 6) is -0.0528. The number of carbonyl (C=O) groups is 1. The predicted molar refractivity (Wildman–Crippen MR) is 135 cm³/mol. The molecule has 3 aromatic rings. The van der Waals surface area contributed by atoms with E-state index in [-0.39, 0.29) is 48.7 Å². The average Bonchev–Trinajstić information content (AvgIpc) is 2.77. The zero-order chi connectivity index (χ0) is 26.4. The van der Waals surface area contributed by atoms with Crippen LogP contribution in [0.15, 0.2) is 53.4 Å². The molecular formula is C22H16Cl3N3O7S. The Labute approximate surface area is 220 Å². The van der Waals surface area contributed by atoms with Crippen LogP contribution in [-0.2, 0) is 14.8 Å². The van der Waals surface area contributed by atoms with E-state index in [9.17, 15) is 23.3 Å². The standard InChI is InChI=1S/C22H16Cl3N3O7S/c1-22(2)21(29)26-17-7-11(3-5-19(17)35-22)27-36(32,33)13-9-15(24)20(16(25)10-13)34-18-6-4-12(28(30)31)8-14(18)23/h3-10,27H,1-2H3,(H,26,29). The normalized spacial score (nSPS) is 14.3. The van der Waals surface area contributed by atoms with Crippen molar-refractivity contribution in [2.24, 2.45) is 0 Å². The van der Waals surface area contributed by atoms with Crippen LogP contribution in [0.2, 0.25) is 15.1 Å². The number of nitrogens with zero attached hydrogens (tertiary/aromatic N) is 1. The first-order chi connectivity index (χ1) is 16.8. The summed E-state index contributed by atoms with van der Waals surface area (Å²) in [6.45, 7) is 3.22. The molecule has 0 saturated carbocycles. The highest BCUT2D eigenvalue weighted by Gasteiger charge is 2.35. The molecule has 0 aliphatic carbocycles. The van der Waals surface area contributed by atoms with Gasteiger partial charge in [0.15, 0.2) is 11.4 Å². The van der Waals surface area contributed by atoms with Gasteiger partial charge in [0.2, 0.25) is 0 Å². The third-order valence-corrected chi connectivity index (χ3v) is 7.23. The van der Waals surface area contributed by atoms with E-state index in [0.717, 1.165) is 18.2 Å². The number of hydrogen-bond donors (Lipinski definition) is 2. The second kappa shape index (κ2) is 9.32. The third kappa shape index (κ3) is 5.14. The fourth-order valence-corrected chi connectivity index (χ4v) is 5.18. The summed E-state index contributed by atoms with van der Waals surface area (Å²) in [4.78, 5) is 22.1. The molecule has 1 amide bonds. The van der Waals surface area contributed by atoms with Crippen molar-refractivity contribution in [1.82, 2.24) is 0 Å². The molecule has 0 bridgehead atoms. The topological polar surface area (TPSA) is 137 Å². The fourth-order valence-electron chi connectivity index (χ4n) is 3.17. The number of non-ortho nitro benzene ring substituents is 1. The van der Waals surface area contributed by atoms with Crippen LogP contribution in [0.1, 0.15) is 13.8 Å². The number of nitro groups is 1. The lowest BCUT2D eigenvalue weighted by molar-refractivity contribution is -0.384. The van der Waals surface area contributed by atoms with Gasteiger partial charge >= 0.3 is 0 Å². The van der Waals surface area contributed by atoms with Gasteiger partial charge in [-0.1, -0.05) is 34.8 Å². The molecule has 0 spiro atoms. The lowest BCUT2D eigenvalue weighted by atomic mass is 10.1. The van der Waals surface area contributed by atoms with Gasteiger partial charge in [0, 0.05) is 12.1 Å². The number of amides is 1. The summed E-state index contributed by atoms with van der Waals surface area (Å²) >= 11 is 18.5. The van der Waals surface area contributed by atoms with Crippen molar-refractivity contribution in [2.75, 3.05) is 10.0 Å². The highest BCUT2D eigenvalue weighted by molar-refractivity contribution is 7.92. The summed E-state index contributed by atoms with van der Waals surface area (Å²) in [7, 11) is -4.16. The molecule has 1 aliphatic rings. The van der Waals surface area contributed by atoms with E-state index >= 15 is 0 Å². The maximum Gasteiger partial charge on any atom is 0.271 e. The largest absolute Gasteiger partial charge is 0.476 e. The molecule has 0 radical (unpaired) electrons. The number of halogens is 3. The molecule has 188 valence electrons. The van der Waals surface area contributed by atoms with Crippen LogP contribution >= 0.6 is 34.8 Å². The van der Waals surface area contributed by atoms with Crippen molar-refractivity contribution < 1.29 is 27.6 Å². The van der Waals surface area contributed by atoms with Gasteiger partial charge in [-0.15, -0.1) is 0 Å². The van der Waals surface area contributed by atoms with Gasteiger partial charge in [-0.2, -0.15) is 0 Å². The average molecular weight is 573 g/mol. The van der Waals surface area contributed by atoms with Crippen molar-refractivity contribution in [3.63, 3.8) is 0 Å². The Morgan fingerprint density at radius 1 is 1.03 bits per heavy atom. The van der Waals surface area contributed by atoms with Gasteiger partial charge in [-0.3, -0.25) is 19.6 Å². The van der Waals surface area contributed by atoms with E-state index in [2.05, 4.69) is 10.0 Å². The van der Waals surface area contributed by atoms with Gasteiger partial charge in [0.25, 0.3) is 21.6 Å². The molecule has 0 atom stereocenters. The Balaban J connectivity index is 1.58. The van der Waals surface area contributed by atoms with E-state index in [1.165, 1.54) is 30.3 Å². The number of benzene rings is 3. The first-order valence-corrected chi connectivity index (χ1v) is 12.7. The number of carbonyl (C=O) groups excluding carboxylic acids is 1. The smallest absolute Gasteiger partial charge is 0.271 e. The molecule has 36 heavy (non-hydrogen) atoms. The summed E-state index contributed by atoms with van der Waals surface area (Å²) in [6.07, 6.45) is 0. The summed E-state index contributed by atoms with van der Waals surface area (Å²) in [5, 5.41) is 13.2. The van der Waals surface area contributed by atoms with Crippen LogP contribution in [0.25, 0.3) is 0 Å². The van der Waals surface area contributed by atoms with Gasteiger partial charge in [0.1, 0.15) is 11.5 Å². The predicted octanol–water partition coefficient (Wildman–Crippen LogP) is 6.26. The SMILES string of the molecule is CC1(C)Oc2ccc(NS(=O)(=O)c3cc(Cl)c(Oc4ccc([N+](=O)[O-])cc4Cl)c(Cl)c3)cc2NC1=O. The third-order valence-electron chi connectivity index (χ3n) is 5.01. The van der Waals surface area contributed by atoms with Crippen molar-refractivity contribution in [1.29, 1.82) is 0 Å². The van der Waals surface area contributed by atoms with Crippen LogP contribution in [0.5, 0.6) is 17.2 Å². The Hall–Kier alpha value is -3.25. The highest BCUT2D eigenvalue weighted by atomic mass is 35.5. The van der Waals surface area contributed by atoms with Crippen LogP contribution in [0.4, 0.5) is 17.1 Å². The number of rotatable bonds is 6. The Morgan fingerprint density at radius 3 is 2.31 bits per heavy atom. The minimum absolute atomic E-state index is 0.0290. The van der Waals surface area contributed by atoms with Crippen LogP contribution in [-0.4, -0.2) is 24.8 Å². The summed E-state index contributed by atoms with van der Waals surface area (Å²) in [6, 6.07) is 10.2. The number of hydrogen-bond acceptors (Lipinski definition) is 7. The minimum Gasteiger partial charge on any atom is -0.476 e. The maximum atomic E-state index is 13.0. The molecule has 0 aromatic heterocycles. The molecule has 2 N–H and O–H groups in total. The first-order valence-electron chi connectivity index (χ1n) is 10.0. The summed E-state index contributed by atoms with van der Waals surface area (Å²) in [5.41, 5.74) is -0.847. The quantitative estimate of drug-likeness (QED) is 0.263. The van der Waals surface area contributed by atoms with Crippen LogP contribution < -0.4 is 19.5 Å². The molecule has 0 unspecified atom stereocenters. The zero-order valence-electron chi connectivity index (χ0n) is 18.5.